The van der Waals surface area contributed by atoms with Crippen LogP contribution in [0.1, 0.15) is 25.0 Å². The Labute approximate surface area is 71.2 Å². The molecule has 2 atom stereocenters. The van der Waals surface area contributed by atoms with Crippen molar-refractivity contribution in [2.75, 3.05) is 0 Å². The van der Waals surface area contributed by atoms with Crippen LogP contribution in [-0.4, -0.2) is 6.10 Å². The van der Waals surface area contributed by atoms with E-state index in [1.54, 1.807) is 12.1 Å². The van der Waals surface area contributed by atoms with Gasteiger partial charge in [0.2, 0.25) is 0 Å². The summed E-state index contributed by atoms with van der Waals surface area (Å²) < 4.78 is 18.4. The molecule has 0 aromatic heterocycles. The summed E-state index contributed by atoms with van der Waals surface area (Å²) >= 11 is 0. The van der Waals surface area contributed by atoms with Crippen LogP contribution in [-0.2, 0) is 4.74 Å². The minimum Gasteiger partial charge on any atom is -0.364 e. The highest BCUT2D eigenvalue weighted by Gasteiger charge is 2.39. The van der Waals surface area contributed by atoms with Gasteiger partial charge in [0.1, 0.15) is 11.9 Å². The highest BCUT2D eigenvalue weighted by molar-refractivity contribution is 5.24. The summed E-state index contributed by atoms with van der Waals surface area (Å²) in [6, 6.07) is 6.80. The maximum Gasteiger partial charge on any atom is 0.129 e. The number of rotatable bonds is 2. The molecule has 1 aliphatic heterocycles. The monoisotopic (exact) mass is 166 g/mol. The first kappa shape index (κ1) is 7.74. The predicted octanol–water partition coefficient (Wildman–Crippen LogP) is 2.68. The fraction of sp³-hybridized carbons (Fsp3) is 0.400. The van der Waals surface area contributed by atoms with Gasteiger partial charge in [0.25, 0.3) is 0 Å². The molecule has 12 heavy (non-hydrogen) atoms. The Hall–Kier alpha value is -0.890. The van der Waals surface area contributed by atoms with Gasteiger partial charge in [0, 0.05) is 5.56 Å². The summed E-state index contributed by atoms with van der Waals surface area (Å²) in [6.45, 7) is 2.05. The van der Waals surface area contributed by atoms with E-state index in [1.165, 1.54) is 6.07 Å². The molecule has 0 spiro atoms. The average Bonchev–Trinajstić information content (AvgIpc) is 2.84. The van der Waals surface area contributed by atoms with Gasteiger partial charge in [-0.3, -0.25) is 0 Å². The number of hydrogen-bond donors (Lipinski definition) is 0. The molecular weight excluding hydrogens is 155 g/mol. The fourth-order valence-electron chi connectivity index (χ4n) is 1.43. The second-order valence-electron chi connectivity index (χ2n) is 3.02. The smallest absolute Gasteiger partial charge is 0.129 e. The van der Waals surface area contributed by atoms with Crippen molar-refractivity contribution in [2.45, 2.75) is 25.6 Å². The summed E-state index contributed by atoms with van der Waals surface area (Å²) in [6.07, 6.45) is 1.21. The Bertz CT molecular complexity index is 285. The standard InChI is InChI=1S/C10H11FO/c1-2-9-10(12-9)7-5-3-4-6-8(7)11/h3-6,9-10H,2H2,1H3. The fourth-order valence-corrected chi connectivity index (χ4v) is 1.43. The van der Waals surface area contributed by atoms with Crippen molar-refractivity contribution >= 4 is 0 Å². The van der Waals surface area contributed by atoms with Crippen LogP contribution in [0.3, 0.4) is 0 Å². The van der Waals surface area contributed by atoms with Gasteiger partial charge < -0.3 is 4.74 Å². The van der Waals surface area contributed by atoms with Gasteiger partial charge in [0.15, 0.2) is 0 Å². The Balaban J connectivity index is 2.19. The van der Waals surface area contributed by atoms with Crippen molar-refractivity contribution in [3.63, 3.8) is 0 Å². The van der Waals surface area contributed by atoms with Crippen molar-refractivity contribution in [3.8, 4) is 0 Å². The minimum absolute atomic E-state index is 0.0104. The Morgan fingerprint density at radius 2 is 2.17 bits per heavy atom. The molecule has 0 N–H and O–H groups in total. The lowest BCUT2D eigenvalue weighted by molar-refractivity contribution is 0.366. The number of hydrogen-bond acceptors (Lipinski definition) is 1. The SMILES string of the molecule is CCC1OC1c1ccccc1F. The summed E-state index contributed by atoms with van der Waals surface area (Å²) in [4.78, 5) is 0. The molecule has 1 fully saturated rings. The van der Waals surface area contributed by atoms with E-state index in [-0.39, 0.29) is 18.0 Å². The zero-order chi connectivity index (χ0) is 8.55. The summed E-state index contributed by atoms with van der Waals surface area (Å²) in [7, 11) is 0. The van der Waals surface area contributed by atoms with E-state index < -0.39 is 0 Å². The first-order chi connectivity index (χ1) is 5.83. The molecular formula is C10H11FO. The predicted molar refractivity (Wildman–Crippen MR) is 44.3 cm³/mol. The van der Waals surface area contributed by atoms with Crippen LogP contribution in [0.4, 0.5) is 4.39 Å². The van der Waals surface area contributed by atoms with Crippen LogP contribution in [0, 0.1) is 5.82 Å². The maximum atomic E-state index is 13.1. The van der Waals surface area contributed by atoms with Crippen molar-refractivity contribution in [3.05, 3.63) is 35.6 Å². The third kappa shape index (κ3) is 1.23. The molecule has 1 aliphatic rings. The van der Waals surface area contributed by atoms with E-state index in [1.807, 2.05) is 13.0 Å². The van der Waals surface area contributed by atoms with Gasteiger partial charge in [-0.15, -0.1) is 0 Å². The van der Waals surface area contributed by atoms with Gasteiger partial charge in [-0.05, 0) is 12.5 Å². The van der Waals surface area contributed by atoms with Crippen molar-refractivity contribution in [1.82, 2.24) is 0 Å². The first-order valence-electron chi connectivity index (χ1n) is 4.23. The first-order valence-corrected chi connectivity index (χ1v) is 4.23. The van der Waals surface area contributed by atoms with Crippen molar-refractivity contribution < 1.29 is 9.13 Å². The highest BCUT2D eigenvalue weighted by atomic mass is 19.1. The molecule has 0 bridgehead atoms. The van der Waals surface area contributed by atoms with Gasteiger partial charge in [0.05, 0.1) is 6.10 Å². The average molecular weight is 166 g/mol. The lowest BCUT2D eigenvalue weighted by Crippen LogP contribution is -1.90. The lowest BCUT2D eigenvalue weighted by atomic mass is 10.1. The second-order valence-corrected chi connectivity index (χ2v) is 3.02. The molecule has 0 radical (unpaired) electrons. The molecule has 1 aromatic rings. The van der Waals surface area contributed by atoms with E-state index in [4.69, 9.17) is 4.74 Å². The molecule has 2 unspecified atom stereocenters. The van der Waals surface area contributed by atoms with Crippen LogP contribution in [0.15, 0.2) is 24.3 Å². The highest BCUT2D eigenvalue weighted by Crippen LogP contribution is 2.41. The largest absolute Gasteiger partial charge is 0.364 e. The molecule has 1 nitrogen and oxygen atoms in total. The van der Waals surface area contributed by atoms with Crippen LogP contribution in [0.2, 0.25) is 0 Å². The molecule has 2 heteroatoms. The van der Waals surface area contributed by atoms with Gasteiger partial charge >= 0.3 is 0 Å². The summed E-state index contributed by atoms with van der Waals surface area (Å²) in [5.74, 6) is -0.154. The van der Waals surface area contributed by atoms with Gasteiger partial charge in [-0.2, -0.15) is 0 Å². The quantitative estimate of drug-likeness (QED) is 0.615. The van der Waals surface area contributed by atoms with E-state index in [0.717, 1.165) is 6.42 Å². The summed E-state index contributed by atoms with van der Waals surface area (Å²) in [5.41, 5.74) is 0.698. The summed E-state index contributed by atoms with van der Waals surface area (Å²) in [5, 5.41) is 0. The molecule has 1 saturated heterocycles. The second kappa shape index (κ2) is 2.87. The van der Waals surface area contributed by atoms with E-state index in [2.05, 4.69) is 0 Å². The number of halogens is 1. The lowest BCUT2D eigenvalue weighted by Gasteiger charge is -1.96. The van der Waals surface area contributed by atoms with E-state index in [0.29, 0.717) is 5.56 Å². The molecule has 0 aliphatic carbocycles. The topological polar surface area (TPSA) is 12.5 Å². The Morgan fingerprint density at radius 1 is 1.42 bits per heavy atom. The van der Waals surface area contributed by atoms with Gasteiger partial charge in [-0.25, -0.2) is 4.39 Å². The van der Waals surface area contributed by atoms with Crippen LogP contribution < -0.4 is 0 Å². The molecule has 0 amide bonds. The molecule has 64 valence electrons. The Morgan fingerprint density at radius 3 is 2.75 bits per heavy atom. The van der Waals surface area contributed by atoms with Crippen LogP contribution >= 0.6 is 0 Å². The van der Waals surface area contributed by atoms with Crippen LogP contribution in [0.25, 0.3) is 0 Å². The molecule has 1 aromatic carbocycles. The maximum absolute atomic E-state index is 13.1. The third-order valence-corrected chi connectivity index (χ3v) is 2.20. The number of epoxide rings is 1. The number of ether oxygens (including phenoxy) is 1. The normalized spacial score (nSPS) is 27.2. The molecule has 2 rings (SSSR count). The minimum atomic E-state index is -0.154. The number of benzene rings is 1. The van der Waals surface area contributed by atoms with E-state index >= 15 is 0 Å². The van der Waals surface area contributed by atoms with Crippen molar-refractivity contribution in [1.29, 1.82) is 0 Å². The van der Waals surface area contributed by atoms with Crippen molar-refractivity contribution in [2.24, 2.45) is 0 Å². The zero-order valence-electron chi connectivity index (χ0n) is 6.96. The van der Waals surface area contributed by atoms with Crippen LogP contribution in [0.5, 0.6) is 0 Å². The molecule has 1 heterocycles. The molecule has 0 saturated carbocycles. The van der Waals surface area contributed by atoms with Gasteiger partial charge in [-0.1, -0.05) is 25.1 Å². The zero-order valence-corrected chi connectivity index (χ0v) is 6.96. The Kier molecular flexibility index (Phi) is 1.85. The third-order valence-electron chi connectivity index (χ3n) is 2.20. The van der Waals surface area contributed by atoms with E-state index in [9.17, 15) is 4.39 Å².